The standard InChI is InChI=1S/C11H14FNO4S2/c1-4-8(2)13-19(16,17)11-7-9(18(3,14)15)5-6-10(11)12/h4-8,13H,1H2,2-3H3. The van der Waals surface area contributed by atoms with Gasteiger partial charge in [0.15, 0.2) is 9.84 Å². The Morgan fingerprint density at radius 1 is 1.32 bits per heavy atom. The number of rotatable bonds is 5. The van der Waals surface area contributed by atoms with E-state index in [4.69, 9.17) is 0 Å². The van der Waals surface area contributed by atoms with Crippen molar-refractivity contribution in [1.29, 1.82) is 0 Å². The van der Waals surface area contributed by atoms with Crippen LogP contribution in [0.15, 0.2) is 40.6 Å². The topological polar surface area (TPSA) is 80.3 Å². The van der Waals surface area contributed by atoms with E-state index in [0.29, 0.717) is 0 Å². The highest BCUT2D eigenvalue weighted by molar-refractivity contribution is 7.91. The Kier molecular flexibility index (Phi) is 4.49. The van der Waals surface area contributed by atoms with Crippen LogP contribution in [0.1, 0.15) is 6.92 Å². The highest BCUT2D eigenvalue weighted by atomic mass is 32.2. The minimum atomic E-state index is -4.15. The third-order valence-corrected chi connectivity index (χ3v) is 5.00. The first kappa shape index (κ1) is 15.8. The van der Waals surface area contributed by atoms with Gasteiger partial charge in [0, 0.05) is 12.3 Å². The molecule has 0 fully saturated rings. The van der Waals surface area contributed by atoms with Crippen LogP contribution in [-0.4, -0.2) is 29.1 Å². The summed E-state index contributed by atoms with van der Waals surface area (Å²) in [5, 5.41) is 0. The van der Waals surface area contributed by atoms with Crippen molar-refractivity contribution < 1.29 is 21.2 Å². The van der Waals surface area contributed by atoms with Gasteiger partial charge in [-0.15, -0.1) is 6.58 Å². The molecule has 1 atom stereocenters. The van der Waals surface area contributed by atoms with Gasteiger partial charge in [-0.25, -0.2) is 25.9 Å². The van der Waals surface area contributed by atoms with Crippen molar-refractivity contribution in [3.8, 4) is 0 Å². The van der Waals surface area contributed by atoms with E-state index in [9.17, 15) is 21.2 Å². The summed E-state index contributed by atoms with van der Waals surface area (Å²) >= 11 is 0. The molecule has 0 aliphatic carbocycles. The number of benzene rings is 1. The Hall–Kier alpha value is -1.25. The molecule has 106 valence electrons. The largest absolute Gasteiger partial charge is 0.244 e. The summed E-state index contributed by atoms with van der Waals surface area (Å²) in [6, 6.07) is 2.01. The Labute approximate surface area is 112 Å². The fourth-order valence-electron chi connectivity index (χ4n) is 1.28. The molecular weight excluding hydrogens is 293 g/mol. The highest BCUT2D eigenvalue weighted by Gasteiger charge is 2.22. The average Bonchev–Trinajstić information content (AvgIpc) is 2.26. The van der Waals surface area contributed by atoms with Crippen LogP contribution in [0.5, 0.6) is 0 Å². The lowest BCUT2D eigenvalue weighted by atomic mass is 10.3. The minimum absolute atomic E-state index is 0.263. The first-order valence-corrected chi connectivity index (χ1v) is 8.60. The van der Waals surface area contributed by atoms with Crippen molar-refractivity contribution in [2.24, 2.45) is 0 Å². The van der Waals surface area contributed by atoms with Gasteiger partial charge in [0.2, 0.25) is 10.0 Å². The monoisotopic (exact) mass is 307 g/mol. The Balaban J connectivity index is 3.38. The smallest absolute Gasteiger partial charge is 0.224 e. The van der Waals surface area contributed by atoms with Gasteiger partial charge in [-0.3, -0.25) is 0 Å². The van der Waals surface area contributed by atoms with E-state index >= 15 is 0 Å². The molecule has 0 saturated carbocycles. The second-order valence-electron chi connectivity index (χ2n) is 4.01. The summed E-state index contributed by atoms with van der Waals surface area (Å²) in [7, 11) is -7.76. The second kappa shape index (κ2) is 5.40. The molecule has 0 bridgehead atoms. The van der Waals surface area contributed by atoms with E-state index in [0.717, 1.165) is 24.5 Å². The minimum Gasteiger partial charge on any atom is -0.224 e. The van der Waals surface area contributed by atoms with E-state index in [1.165, 1.54) is 13.0 Å². The van der Waals surface area contributed by atoms with Crippen LogP contribution in [0, 0.1) is 5.82 Å². The Morgan fingerprint density at radius 3 is 2.37 bits per heavy atom. The van der Waals surface area contributed by atoms with Gasteiger partial charge >= 0.3 is 0 Å². The zero-order valence-electron chi connectivity index (χ0n) is 10.4. The van der Waals surface area contributed by atoms with Crippen molar-refractivity contribution in [1.82, 2.24) is 4.72 Å². The highest BCUT2D eigenvalue weighted by Crippen LogP contribution is 2.19. The quantitative estimate of drug-likeness (QED) is 0.652. The molecule has 1 rings (SSSR count). The van der Waals surface area contributed by atoms with E-state index < -0.39 is 36.6 Å². The van der Waals surface area contributed by atoms with E-state index in [-0.39, 0.29) is 4.90 Å². The van der Waals surface area contributed by atoms with Gasteiger partial charge in [0.1, 0.15) is 10.7 Å². The number of hydrogen-bond acceptors (Lipinski definition) is 4. The first-order chi connectivity index (χ1) is 8.58. The van der Waals surface area contributed by atoms with Crippen LogP contribution in [0.3, 0.4) is 0 Å². The lowest BCUT2D eigenvalue weighted by molar-refractivity contribution is 0.551. The van der Waals surface area contributed by atoms with Crippen LogP contribution >= 0.6 is 0 Å². The molecule has 1 N–H and O–H groups in total. The fraction of sp³-hybridized carbons (Fsp3) is 0.273. The summed E-state index contributed by atoms with van der Waals surface area (Å²) in [5.74, 6) is -1.02. The molecule has 1 aromatic rings. The summed E-state index contributed by atoms with van der Waals surface area (Å²) in [5.41, 5.74) is 0. The van der Waals surface area contributed by atoms with Gasteiger partial charge in [0.05, 0.1) is 4.90 Å². The van der Waals surface area contributed by atoms with E-state index in [1.807, 2.05) is 0 Å². The summed E-state index contributed by atoms with van der Waals surface area (Å²) in [6.45, 7) is 4.92. The summed E-state index contributed by atoms with van der Waals surface area (Å²) < 4.78 is 62.2. The zero-order chi connectivity index (χ0) is 14.8. The van der Waals surface area contributed by atoms with Crippen molar-refractivity contribution in [2.45, 2.75) is 22.8 Å². The Bertz CT molecular complexity index is 695. The first-order valence-electron chi connectivity index (χ1n) is 5.22. The molecule has 5 nitrogen and oxygen atoms in total. The lowest BCUT2D eigenvalue weighted by Crippen LogP contribution is -2.31. The molecule has 0 aromatic heterocycles. The molecular formula is C11H14FNO4S2. The van der Waals surface area contributed by atoms with Gasteiger partial charge in [-0.2, -0.15) is 0 Å². The van der Waals surface area contributed by atoms with Gasteiger partial charge < -0.3 is 0 Å². The molecule has 0 amide bonds. The SMILES string of the molecule is C=CC(C)NS(=O)(=O)c1cc(S(C)(=O)=O)ccc1F. The Morgan fingerprint density at radius 2 is 1.89 bits per heavy atom. The average molecular weight is 307 g/mol. The number of sulfone groups is 1. The molecule has 8 heteroatoms. The summed E-state index contributed by atoms with van der Waals surface area (Å²) in [4.78, 5) is -0.968. The van der Waals surface area contributed by atoms with E-state index in [1.54, 1.807) is 0 Å². The van der Waals surface area contributed by atoms with Crippen molar-refractivity contribution in [3.63, 3.8) is 0 Å². The van der Waals surface area contributed by atoms with Crippen molar-refractivity contribution in [2.75, 3.05) is 6.26 Å². The number of sulfonamides is 1. The molecule has 0 aliphatic rings. The predicted octanol–water partition coefficient (Wildman–Crippen LogP) is 1.08. The van der Waals surface area contributed by atoms with E-state index in [2.05, 4.69) is 11.3 Å². The molecule has 1 unspecified atom stereocenters. The fourth-order valence-corrected chi connectivity index (χ4v) is 3.32. The van der Waals surface area contributed by atoms with Crippen LogP contribution in [0.4, 0.5) is 4.39 Å². The molecule has 0 saturated heterocycles. The van der Waals surface area contributed by atoms with Crippen molar-refractivity contribution >= 4 is 19.9 Å². The summed E-state index contributed by atoms with van der Waals surface area (Å²) in [6.07, 6.45) is 2.24. The van der Waals surface area contributed by atoms with Gasteiger partial charge in [-0.05, 0) is 25.1 Å². The number of halogens is 1. The van der Waals surface area contributed by atoms with Crippen LogP contribution in [0.25, 0.3) is 0 Å². The molecule has 1 aromatic carbocycles. The maximum Gasteiger partial charge on any atom is 0.244 e. The molecule has 0 aliphatic heterocycles. The third kappa shape index (κ3) is 3.85. The van der Waals surface area contributed by atoms with Crippen LogP contribution < -0.4 is 4.72 Å². The zero-order valence-corrected chi connectivity index (χ0v) is 12.1. The predicted molar refractivity (Wildman–Crippen MR) is 69.5 cm³/mol. The molecule has 19 heavy (non-hydrogen) atoms. The maximum absolute atomic E-state index is 13.6. The maximum atomic E-state index is 13.6. The van der Waals surface area contributed by atoms with Crippen LogP contribution in [0.2, 0.25) is 0 Å². The molecule has 0 radical (unpaired) electrons. The lowest BCUT2D eigenvalue weighted by Gasteiger charge is -2.11. The number of hydrogen-bond donors (Lipinski definition) is 1. The van der Waals surface area contributed by atoms with Gasteiger partial charge in [0.25, 0.3) is 0 Å². The number of nitrogens with one attached hydrogen (secondary N) is 1. The normalized spacial score (nSPS) is 14.1. The molecule has 0 spiro atoms. The third-order valence-electron chi connectivity index (χ3n) is 2.31. The second-order valence-corrected chi connectivity index (χ2v) is 7.71. The molecule has 0 heterocycles. The van der Waals surface area contributed by atoms with Crippen molar-refractivity contribution in [3.05, 3.63) is 36.7 Å². The van der Waals surface area contributed by atoms with Gasteiger partial charge in [-0.1, -0.05) is 6.08 Å². The van der Waals surface area contributed by atoms with Crippen LogP contribution in [-0.2, 0) is 19.9 Å².